The highest BCUT2D eigenvalue weighted by Crippen LogP contribution is 2.18. The standard InChI is InChI=1S/C10H15NO5/c12-9(3-7-4-16-5-7)11-1-2-15-6-8(11)10(13)14/h7-8H,1-6H2,(H,13,14). The Bertz CT molecular complexity index is 289. The smallest absolute Gasteiger partial charge is 0.328 e. The van der Waals surface area contributed by atoms with Crippen molar-refractivity contribution in [1.29, 1.82) is 0 Å². The number of morpholine rings is 1. The number of ether oxygens (including phenoxy) is 2. The Hall–Kier alpha value is -1.14. The van der Waals surface area contributed by atoms with Crippen molar-refractivity contribution in [2.75, 3.05) is 33.0 Å². The number of nitrogens with zero attached hydrogens (tertiary/aromatic N) is 1. The molecule has 2 fully saturated rings. The molecule has 1 N–H and O–H groups in total. The molecule has 6 nitrogen and oxygen atoms in total. The molecule has 2 heterocycles. The maximum absolute atomic E-state index is 11.9. The van der Waals surface area contributed by atoms with Gasteiger partial charge in [-0.05, 0) is 0 Å². The van der Waals surface area contributed by atoms with E-state index in [0.29, 0.717) is 32.8 Å². The molecular formula is C10H15NO5. The van der Waals surface area contributed by atoms with E-state index in [-0.39, 0.29) is 18.4 Å². The van der Waals surface area contributed by atoms with Crippen molar-refractivity contribution in [3.8, 4) is 0 Å². The summed E-state index contributed by atoms with van der Waals surface area (Å²) in [6.07, 6.45) is 0.379. The largest absolute Gasteiger partial charge is 0.480 e. The fourth-order valence-electron chi connectivity index (χ4n) is 1.87. The number of carbonyl (C=O) groups is 2. The van der Waals surface area contributed by atoms with Crippen LogP contribution >= 0.6 is 0 Å². The van der Waals surface area contributed by atoms with Crippen LogP contribution in [0.25, 0.3) is 0 Å². The fourth-order valence-corrected chi connectivity index (χ4v) is 1.87. The number of carboxylic acids is 1. The van der Waals surface area contributed by atoms with E-state index < -0.39 is 12.0 Å². The summed E-state index contributed by atoms with van der Waals surface area (Å²) in [5, 5.41) is 8.96. The van der Waals surface area contributed by atoms with E-state index in [9.17, 15) is 9.59 Å². The molecule has 0 aromatic rings. The third kappa shape index (κ3) is 2.33. The first-order valence-electron chi connectivity index (χ1n) is 5.36. The number of carboxylic acid groups (broad SMARTS) is 1. The minimum Gasteiger partial charge on any atom is -0.480 e. The van der Waals surface area contributed by atoms with Gasteiger partial charge in [-0.3, -0.25) is 4.79 Å². The zero-order chi connectivity index (χ0) is 11.5. The van der Waals surface area contributed by atoms with Crippen molar-refractivity contribution >= 4 is 11.9 Å². The highest BCUT2D eigenvalue weighted by atomic mass is 16.5. The quantitative estimate of drug-likeness (QED) is 0.695. The van der Waals surface area contributed by atoms with Crippen LogP contribution in [0.4, 0.5) is 0 Å². The van der Waals surface area contributed by atoms with Crippen LogP contribution in [0.5, 0.6) is 0 Å². The number of hydrogen-bond donors (Lipinski definition) is 1. The van der Waals surface area contributed by atoms with E-state index >= 15 is 0 Å². The first-order valence-corrected chi connectivity index (χ1v) is 5.36. The van der Waals surface area contributed by atoms with Gasteiger partial charge in [-0.25, -0.2) is 4.79 Å². The number of aliphatic carboxylic acids is 1. The van der Waals surface area contributed by atoms with Crippen LogP contribution in [0.3, 0.4) is 0 Å². The molecule has 1 atom stereocenters. The summed E-state index contributed by atoms with van der Waals surface area (Å²) in [5.74, 6) is -0.855. The van der Waals surface area contributed by atoms with Crippen LogP contribution in [-0.4, -0.2) is 60.9 Å². The Morgan fingerprint density at radius 2 is 2.00 bits per heavy atom. The molecule has 90 valence electrons. The van der Waals surface area contributed by atoms with Crippen LogP contribution in [0.15, 0.2) is 0 Å². The van der Waals surface area contributed by atoms with Crippen molar-refractivity contribution in [2.24, 2.45) is 5.92 Å². The molecule has 0 spiro atoms. The van der Waals surface area contributed by atoms with Gasteiger partial charge < -0.3 is 19.5 Å². The fraction of sp³-hybridized carbons (Fsp3) is 0.800. The topological polar surface area (TPSA) is 76.1 Å². The maximum Gasteiger partial charge on any atom is 0.328 e. The summed E-state index contributed by atoms with van der Waals surface area (Å²) in [5.41, 5.74) is 0. The lowest BCUT2D eigenvalue weighted by atomic mass is 10.0. The average molecular weight is 229 g/mol. The molecule has 0 aliphatic carbocycles. The summed E-state index contributed by atoms with van der Waals surface area (Å²) in [6, 6.07) is -0.831. The molecule has 6 heteroatoms. The molecule has 2 rings (SSSR count). The Morgan fingerprint density at radius 3 is 2.56 bits per heavy atom. The summed E-state index contributed by atoms with van der Waals surface area (Å²) in [6.45, 7) is 2.07. The number of carbonyl (C=O) groups excluding carboxylic acids is 1. The second kappa shape index (κ2) is 4.80. The van der Waals surface area contributed by atoms with Gasteiger partial charge in [0, 0.05) is 18.9 Å². The monoisotopic (exact) mass is 229 g/mol. The summed E-state index contributed by atoms with van der Waals surface area (Å²) in [7, 11) is 0. The predicted molar refractivity (Wildman–Crippen MR) is 52.9 cm³/mol. The molecule has 0 saturated carbocycles. The predicted octanol–water partition coefficient (Wildman–Crippen LogP) is -0.665. The summed E-state index contributed by atoms with van der Waals surface area (Å²) < 4.78 is 10.1. The van der Waals surface area contributed by atoms with Gasteiger partial charge in [0.2, 0.25) is 5.91 Å². The van der Waals surface area contributed by atoms with E-state index in [1.165, 1.54) is 4.90 Å². The Balaban J connectivity index is 1.93. The molecule has 0 aromatic carbocycles. The van der Waals surface area contributed by atoms with Crippen molar-refractivity contribution < 1.29 is 24.2 Å². The minimum absolute atomic E-state index is 0.0856. The highest BCUT2D eigenvalue weighted by Gasteiger charge is 2.34. The van der Waals surface area contributed by atoms with Gasteiger partial charge in [-0.15, -0.1) is 0 Å². The van der Waals surface area contributed by atoms with E-state index in [0.717, 1.165) is 0 Å². The number of hydrogen-bond acceptors (Lipinski definition) is 4. The third-order valence-electron chi connectivity index (χ3n) is 2.90. The Labute approximate surface area is 93.1 Å². The van der Waals surface area contributed by atoms with E-state index in [2.05, 4.69) is 0 Å². The lowest BCUT2D eigenvalue weighted by Crippen LogP contribution is -2.53. The lowest BCUT2D eigenvalue weighted by Gasteiger charge is -2.35. The van der Waals surface area contributed by atoms with Gasteiger partial charge in [0.25, 0.3) is 0 Å². The van der Waals surface area contributed by atoms with Gasteiger partial charge >= 0.3 is 5.97 Å². The average Bonchev–Trinajstić information content (AvgIpc) is 2.23. The zero-order valence-corrected chi connectivity index (χ0v) is 8.92. The van der Waals surface area contributed by atoms with Crippen molar-refractivity contribution in [2.45, 2.75) is 12.5 Å². The summed E-state index contributed by atoms with van der Waals surface area (Å²) in [4.78, 5) is 24.2. The van der Waals surface area contributed by atoms with Crippen molar-refractivity contribution in [3.05, 3.63) is 0 Å². The van der Waals surface area contributed by atoms with Crippen LogP contribution in [0.1, 0.15) is 6.42 Å². The van der Waals surface area contributed by atoms with Gasteiger partial charge in [0.15, 0.2) is 6.04 Å². The van der Waals surface area contributed by atoms with E-state index in [1.807, 2.05) is 0 Å². The van der Waals surface area contributed by atoms with Gasteiger partial charge in [0.05, 0.1) is 26.4 Å². The van der Waals surface area contributed by atoms with E-state index in [4.69, 9.17) is 14.6 Å². The molecule has 1 unspecified atom stereocenters. The molecule has 0 aromatic heterocycles. The van der Waals surface area contributed by atoms with Crippen LogP contribution in [-0.2, 0) is 19.1 Å². The van der Waals surface area contributed by atoms with Crippen LogP contribution in [0, 0.1) is 5.92 Å². The second-order valence-electron chi connectivity index (χ2n) is 4.12. The molecule has 0 bridgehead atoms. The van der Waals surface area contributed by atoms with E-state index in [1.54, 1.807) is 0 Å². The molecule has 2 aliphatic heterocycles. The minimum atomic E-state index is -1.00. The molecule has 0 radical (unpaired) electrons. The Morgan fingerprint density at radius 1 is 1.25 bits per heavy atom. The van der Waals surface area contributed by atoms with Gasteiger partial charge in [-0.2, -0.15) is 0 Å². The summed E-state index contributed by atoms with van der Waals surface area (Å²) >= 11 is 0. The lowest BCUT2D eigenvalue weighted by molar-refractivity contribution is -0.160. The second-order valence-corrected chi connectivity index (χ2v) is 4.12. The highest BCUT2D eigenvalue weighted by molar-refractivity contribution is 5.84. The van der Waals surface area contributed by atoms with Crippen LogP contribution < -0.4 is 0 Å². The SMILES string of the molecule is O=C(O)C1COCCN1C(=O)CC1COC1. The van der Waals surface area contributed by atoms with Crippen molar-refractivity contribution in [1.82, 2.24) is 4.90 Å². The normalized spacial score (nSPS) is 26.2. The molecule has 1 amide bonds. The molecule has 16 heavy (non-hydrogen) atoms. The first kappa shape index (κ1) is 11.3. The maximum atomic E-state index is 11.9. The number of rotatable bonds is 3. The zero-order valence-electron chi connectivity index (χ0n) is 8.92. The number of amides is 1. The third-order valence-corrected chi connectivity index (χ3v) is 2.90. The van der Waals surface area contributed by atoms with Gasteiger partial charge in [0.1, 0.15) is 0 Å². The first-order chi connectivity index (χ1) is 7.68. The van der Waals surface area contributed by atoms with Crippen molar-refractivity contribution in [3.63, 3.8) is 0 Å². The molecular weight excluding hydrogens is 214 g/mol. The molecule has 2 aliphatic rings. The van der Waals surface area contributed by atoms with Crippen LogP contribution in [0.2, 0.25) is 0 Å². The molecule has 2 saturated heterocycles. The van der Waals surface area contributed by atoms with Gasteiger partial charge in [-0.1, -0.05) is 0 Å². The Kier molecular flexibility index (Phi) is 3.40.